The Balaban J connectivity index is 2.53. The molecule has 0 heterocycles. The number of aromatic hydroxyl groups is 1. The molecule has 0 fully saturated rings. The molecule has 1 N–H and O–H groups in total. The average Bonchev–Trinajstić information content (AvgIpc) is 2.12. The highest BCUT2D eigenvalue weighted by atomic mass is 19.1. The second-order valence-corrected chi connectivity index (χ2v) is 2.82. The van der Waals surface area contributed by atoms with Gasteiger partial charge in [-0.1, -0.05) is 13.3 Å². The zero-order valence-corrected chi connectivity index (χ0v) is 7.59. The second kappa shape index (κ2) is 4.70. The number of rotatable bonds is 4. The van der Waals surface area contributed by atoms with Crippen LogP contribution in [0.3, 0.4) is 0 Å². The number of phenols is 1. The van der Waals surface area contributed by atoms with Crippen molar-refractivity contribution in [3.05, 3.63) is 24.0 Å². The minimum Gasteiger partial charge on any atom is -0.505 e. The highest BCUT2D eigenvalue weighted by molar-refractivity contribution is 5.33. The largest absolute Gasteiger partial charge is 0.505 e. The van der Waals surface area contributed by atoms with E-state index in [0.29, 0.717) is 12.4 Å². The molecule has 0 aliphatic rings. The third kappa shape index (κ3) is 2.93. The zero-order chi connectivity index (χ0) is 9.68. The monoisotopic (exact) mass is 184 g/mol. The predicted octanol–water partition coefficient (Wildman–Crippen LogP) is 2.71. The van der Waals surface area contributed by atoms with Crippen molar-refractivity contribution in [2.24, 2.45) is 0 Å². The van der Waals surface area contributed by atoms with Crippen LogP contribution in [0, 0.1) is 5.82 Å². The van der Waals surface area contributed by atoms with Crippen molar-refractivity contribution in [1.82, 2.24) is 0 Å². The van der Waals surface area contributed by atoms with E-state index in [1.165, 1.54) is 18.2 Å². The minimum atomic E-state index is -0.622. The maximum Gasteiger partial charge on any atom is 0.165 e. The van der Waals surface area contributed by atoms with Crippen LogP contribution in [0.2, 0.25) is 0 Å². The van der Waals surface area contributed by atoms with E-state index in [2.05, 4.69) is 6.92 Å². The number of hydrogen-bond donors (Lipinski definition) is 1. The first-order chi connectivity index (χ1) is 6.24. The molecule has 0 amide bonds. The third-order valence-corrected chi connectivity index (χ3v) is 1.68. The molecule has 3 heteroatoms. The predicted molar refractivity (Wildman–Crippen MR) is 48.5 cm³/mol. The SMILES string of the molecule is CCCCOc1ccc(F)c(O)c1. The first kappa shape index (κ1) is 9.84. The Labute approximate surface area is 77.0 Å². The van der Waals surface area contributed by atoms with E-state index in [1.807, 2.05) is 0 Å². The van der Waals surface area contributed by atoms with Crippen molar-refractivity contribution in [2.75, 3.05) is 6.61 Å². The van der Waals surface area contributed by atoms with E-state index in [1.54, 1.807) is 0 Å². The van der Waals surface area contributed by atoms with E-state index in [-0.39, 0.29) is 5.75 Å². The molecular formula is C10H13FO2. The Kier molecular flexibility index (Phi) is 3.55. The van der Waals surface area contributed by atoms with Crippen LogP contribution in [0.5, 0.6) is 11.5 Å². The highest BCUT2D eigenvalue weighted by Gasteiger charge is 2.01. The zero-order valence-electron chi connectivity index (χ0n) is 7.59. The van der Waals surface area contributed by atoms with E-state index in [9.17, 15) is 4.39 Å². The fourth-order valence-corrected chi connectivity index (χ4v) is 0.917. The van der Waals surface area contributed by atoms with Gasteiger partial charge in [-0.2, -0.15) is 0 Å². The molecule has 0 atom stereocenters. The van der Waals surface area contributed by atoms with E-state index in [4.69, 9.17) is 9.84 Å². The summed E-state index contributed by atoms with van der Waals surface area (Å²) in [5.41, 5.74) is 0. The van der Waals surface area contributed by atoms with Crippen LogP contribution in [-0.2, 0) is 0 Å². The van der Waals surface area contributed by atoms with E-state index >= 15 is 0 Å². The summed E-state index contributed by atoms with van der Waals surface area (Å²) in [6.07, 6.45) is 2.01. The van der Waals surface area contributed by atoms with Crippen molar-refractivity contribution >= 4 is 0 Å². The van der Waals surface area contributed by atoms with Gasteiger partial charge in [-0.15, -0.1) is 0 Å². The Morgan fingerprint density at radius 2 is 2.23 bits per heavy atom. The third-order valence-electron chi connectivity index (χ3n) is 1.68. The summed E-state index contributed by atoms with van der Waals surface area (Å²) in [5, 5.41) is 9.00. The summed E-state index contributed by atoms with van der Waals surface area (Å²) in [7, 11) is 0. The molecule has 0 saturated heterocycles. The van der Waals surface area contributed by atoms with Crippen molar-refractivity contribution < 1.29 is 14.2 Å². The summed E-state index contributed by atoms with van der Waals surface area (Å²) >= 11 is 0. The summed E-state index contributed by atoms with van der Waals surface area (Å²) < 4.78 is 17.8. The molecule has 13 heavy (non-hydrogen) atoms. The van der Waals surface area contributed by atoms with Gasteiger partial charge >= 0.3 is 0 Å². The number of ether oxygens (including phenoxy) is 1. The van der Waals surface area contributed by atoms with E-state index in [0.717, 1.165) is 12.8 Å². The highest BCUT2D eigenvalue weighted by Crippen LogP contribution is 2.21. The molecule has 0 unspecified atom stereocenters. The van der Waals surface area contributed by atoms with Gasteiger partial charge in [-0.05, 0) is 18.6 Å². The molecular weight excluding hydrogens is 171 g/mol. The molecule has 0 radical (unpaired) electrons. The first-order valence-corrected chi connectivity index (χ1v) is 4.35. The fourth-order valence-electron chi connectivity index (χ4n) is 0.917. The van der Waals surface area contributed by atoms with Crippen LogP contribution in [0.15, 0.2) is 18.2 Å². The Morgan fingerprint density at radius 3 is 2.85 bits per heavy atom. The summed E-state index contributed by atoms with van der Waals surface area (Å²) in [6, 6.07) is 3.98. The quantitative estimate of drug-likeness (QED) is 0.729. The molecule has 1 aromatic carbocycles. The number of hydrogen-bond acceptors (Lipinski definition) is 2. The van der Waals surface area contributed by atoms with Gasteiger partial charge in [0.15, 0.2) is 11.6 Å². The molecule has 72 valence electrons. The molecule has 0 spiro atoms. The van der Waals surface area contributed by atoms with Gasteiger partial charge in [0.05, 0.1) is 6.61 Å². The number of halogens is 1. The maximum atomic E-state index is 12.6. The lowest BCUT2D eigenvalue weighted by Crippen LogP contribution is -1.96. The van der Waals surface area contributed by atoms with Gasteiger partial charge in [0.2, 0.25) is 0 Å². The van der Waals surface area contributed by atoms with Gasteiger partial charge in [0, 0.05) is 6.07 Å². The minimum absolute atomic E-state index is 0.367. The normalized spacial score (nSPS) is 10.0. The van der Waals surface area contributed by atoms with Gasteiger partial charge in [-0.25, -0.2) is 4.39 Å². The molecule has 0 aliphatic heterocycles. The number of unbranched alkanes of at least 4 members (excludes halogenated alkanes) is 1. The Morgan fingerprint density at radius 1 is 1.46 bits per heavy atom. The van der Waals surface area contributed by atoms with Crippen LogP contribution in [0.1, 0.15) is 19.8 Å². The molecule has 1 aromatic rings. The second-order valence-electron chi connectivity index (χ2n) is 2.82. The van der Waals surface area contributed by atoms with Crippen LogP contribution in [0.25, 0.3) is 0 Å². The fraction of sp³-hybridized carbons (Fsp3) is 0.400. The van der Waals surface area contributed by atoms with Gasteiger partial charge in [0.25, 0.3) is 0 Å². The van der Waals surface area contributed by atoms with Gasteiger partial charge in [0.1, 0.15) is 5.75 Å². The van der Waals surface area contributed by atoms with Crippen molar-refractivity contribution in [3.63, 3.8) is 0 Å². The summed E-state index contributed by atoms with van der Waals surface area (Å²) in [5.74, 6) is -0.482. The van der Waals surface area contributed by atoms with E-state index < -0.39 is 5.82 Å². The van der Waals surface area contributed by atoms with Gasteiger partial charge in [-0.3, -0.25) is 0 Å². The molecule has 2 nitrogen and oxygen atoms in total. The van der Waals surface area contributed by atoms with Crippen molar-refractivity contribution in [1.29, 1.82) is 0 Å². The topological polar surface area (TPSA) is 29.5 Å². The lowest BCUT2D eigenvalue weighted by atomic mass is 10.3. The molecule has 0 aromatic heterocycles. The smallest absolute Gasteiger partial charge is 0.165 e. The van der Waals surface area contributed by atoms with Crippen molar-refractivity contribution in [2.45, 2.75) is 19.8 Å². The van der Waals surface area contributed by atoms with Crippen LogP contribution in [-0.4, -0.2) is 11.7 Å². The Hall–Kier alpha value is -1.25. The summed E-state index contributed by atoms with van der Waals surface area (Å²) in [4.78, 5) is 0. The molecule has 1 rings (SSSR count). The van der Waals surface area contributed by atoms with Crippen LogP contribution < -0.4 is 4.74 Å². The molecule has 0 aliphatic carbocycles. The van der Waals surface area contributed by atoms with Crippen LogP contribution in [0.4, 0.5) is 4.39 Å². The summed E-state index contributed by atoms with van der Waals surface area (Å²) in [6.45, 7) is 2.66. The van der Waals surface area contributed by atoms with Gasteiger partial charge < -0.3 is 9.84 Å². The lowest BCUT2D eigenvalue weighted by Gasteiger charge is -2.05. The maximum absolute atomic E-state index is 12.6. The average molecular weight is 184 g/mol. The molecule has 0 saturated carbocycles. The lowest BCUT2D eigenvalue weighted by molar-refractivity contribution is 0.306. The standard InChI is InChI=1S/C10H13FO2/c1-2-3-6-13-8-4-5-9(11)10(12)7-8/h4-5,7,12H,2-3,6H2,1H3. The Bertz CT molecular complexity index is 274. The first-order valence-electron chi connectivity index (χ1n) is 4.35. The number of benzene rings is 1. The van der Waals surface area contributed by atoms with Crippen LogP contribution >= 0.6 is 0 Å². The molecule has 0 bridgehead atoms. The number of phenolic OH excluding ortho intramolecular Hbond substituents is 1. The van der Waals surface area contributed by atoms with Crippen molar-refractivity contribution in [3.8, 4) is 11.5 Å².